The average Bonchev–Trinajstić information content (AvgIpc) is 3.73. The van der Waals surface area contributed by atoms with E-state index in [0.717, 1.165) is 16.7 Å². The van der Waals surface area contributed by atoms with E-state index in [9.17, 15) is 24.3 Å². The Morgan fingerprint density at radius 3 is 2.60 bits per heavy atom. The quantitative estimate of drug-likeness (QED) is 0.221. The number of allylic oxidation sites excluding steroid dienone is 1. The van der Waals surface area contributed by atoms with Gasteiger partial charge in [0.25, 0.3) is 5.91 Å². The minimum absolute atomic E-state index is 0.118. The average molecular weight is 658 g/mol. The third-order valence-corrected chi connectivity index (χ3v) is 9.88. The number of hydrogen-bond donors (Lipinski definition) is 2. The standard InChI is InChI=1S/C38H47N3O7/c1-6-8-14-31(43)39-22-26(5)47-37(46)32-30-17-18-38(48-30)33(32)35(44)41(28(23-42)21-27-12-10-9-11-13-27)34(38)36(45)40(19-7-2)29-20-24(3)15-16-25(29)4/h6-7,9-13,15-16,20,26,28,30,32-34,42H,1-2,8,14,17-19,21-23H2,3-5H3,(H,39,43)/t26-,28-,30+,32-,33-,34+,38-/m1/s1. The summed E-state index contributed by atoms with van der Waals surface area (Å²) in [4.78, 5) is 58.8. The number of aliphatic hydroxyl groups excluding tert-OH is 1. The number of aryl methyl sites for hydroxylation is 2. The van der Waals surface area contributed by atoms with E-state index in [0.29, 0.717) is 31.4 Å². The van der Waals surface area contributed by atoms with Crippen LogP contribution in [-0.4, -0.2) is 83.3 Å². The molecule has 256 valence electrons. The summed E-state index contributed by atoms with van der Waals surface area (Å²) in [5.74, 6) is -3.43. The topological polar surface area (TPSA) is 125 Å². The number of aliphatic hydroxyl groups is 1. The zero-order valence-corrected chi connectivity index (χ0v) is 28.1. The number of carbonyl (C=O) groups excluding carboxylic acids is 4. The van der Waals surface area contributed by atoms with Gasteiger partial charge in [0.05, 0.1) is 37.1 Å². The van der Waals surface area contributed by atoms with Gasteiger partial charge in [0, 0.05) is 18.7 Å². The highest BCUT2D eigenvalue weighted by atomic mass is 16.6. The van der Waals surface area contributed by atoms with E-state index in [4.69, 9.17) is 9.47 Å². The molecule has 48 heavy (non-hydrogen) atoms. The van der Waals surface area contributed by atoms with Crippen LogP contribution in [0.2, 0.25) is 0 Å². The van der Waals surface area contributed by atoms with Crippen molar-refractivity contribution < 1.29 is 33.8 Å². The highest BCUT2D eigenvalue weighted by Gasteiger charge is 2.75. The number of ether oxygens (including phenoxy) is 2. The molecule has 3 fully saturated rings. The molecule has 0 aromatic heterocycles. The predicted octanol–water partition coefficient (Wildman–Crippen LogP) is 3.81. The van der Waals surface area contributed by atoms with Crippen LogP contribution in [0.1, 0.15) is 49.3 Å². The fraction of sp³-hybridized carbons (Fsp3) is 0.474. The van der Waals surface area contributed by atoms with Crippen LogP contribution in [-0.2, 0) is 35.1 Å². The smallest absolute Gasteiger partial charge is 0.312 e. The second kappa shape index (κ2) is 14.9. The van der Waals surface area contributed by atoms with Gasteiger partial charge in [-0.25, -0.2) is 0 Å². The summed E-state index contributed by atoms with van der Waals surface area (Å²) in [6, 6.07) is 13.5. The lowest BCUT2D eigenvalue weighted by Crippen LogP contribution is -2.59. The van der Waals surface area contributed by atoms with Crippen molar-refractivity contribution in [1.29, 1.82) is 0 Å². The lowest BCUT2D eigenvalue weighted by atomic mass is 9.70. The van der Waals surface area contributed by atoms with Crippen LogP contribution >= 0.6 is 0 Å². The molecule has 3 saturated heterocycles. The first-order chi connectivity index (χ1) is 23.1. The molecular formula is C38H47N3O7. The third kappa shape index (κ3) is 6.69. The second-order valence-corrected chi connectivity index (χ2v) is 13.2. The van der Waals surface area contributed by atoms with Gasteiger partial charge in [0.1, 0.15) is 17.7 Å². The number of nitrogens with one attached hydrogen (secondary N) is 1. The monoisotopic (exact) mass is 657 g/mol. The molecule has 7 atom stereocenters. The number of rotatable bonds is 15. The maximum absolute atomic E-state index is 15.0. The fourth-order valence-corrected chi connectivity index (χ4v) is 7.66. The van der Waals surface area contributed by atoms with Crippen molar-refractivity contribution in [2.24, 2.45) is 11.8 Å². The van der Waals surface area contributed by atoms with E-state index >= 15 is 0 Å². The van der Waals surface area contributed by atoms with Gasteiger partial charge >= 0.3 is 5.97 Å². The number of fused-ring (bicyclic) bond motifs is 1. The number of likely N-dealkylation sites (tertiary alicyclic amines) is 1. The molecule has 1 spiro atoms. The van der Waals surface area contributed by atoms with Crippen molar-refractivity contribution in [2.45, 2.75) is 82.8 Å². The number of nitrogens with zero attached hydrogens (tertiary/aromatic N) is 2. The molecule has 10 nitrogen and oxygen atoms in total. The number of hydrogen-bond acceptors (Lipinski definition) is 7. The first kappa shape index (κ1) is 35.0. The van der Waals surface area contributed by atoms with Crippen LogP contribution in [0.5, 0.6) is 0 Å². The summed E-state index contributed by atoms with van der Waals surface area (Å²) in [5, 5.41) is 13.5. The summed E-state index contributed by atoms with van der Waals surface area (Å²) in [6.45, 7) is 13.0. The van der Waals surface area contributed by atoms with Gasteiger partial charge < -0.3 is 29.7 Å². The molecule has 0 unspecified atom stereocenters. The highest BCUT2D eigenvalue weighted by Crippen LogP contribution is 2.59. The van der Waals surface area contributed by atoms with E-state index in [-0.39, 0.29) is 37.9 Å². The van der Waals surface area contributed by atoms with E-state index < -0.39 is 53.6 Å². The Hall–Kier alpha value is -4.28. The Kier molecular flexibility index (Phi) is 10.9. The third-order valence-electron chi connectivity index (χ3n) is 9.88. The molecule has 3 aliphatic rings. The highest BCUT2D eigenvalue weighted by molar-refractivity contribution is 6.05. The van der Waals surface area contributed by atoms with Gasteiger partial charge in [-0.05, 0) is 69.2 Å². The number of benzene rings is 2. The Morgan fingerprint density at radius 2 is 1.92 bits per heavy atom. The Morgan fingerprint density at radius 1 is 1.17 bits per heavy atom. The molecule has 2 N–H and O–H groups in total. The van der Waals surface area contributed by atoms with Crippen molar-refractivity contribution in [2.75, 3.05) is 24.6 Å². The minimum atomic E-state index is -1.29. The van der Waals surface area contributed by atoms with Crippen LogP contribution in [0.3, 0.4) is 0 Å². The van der Waals surface area contributed by atoms with Crippen molar-refractivity contribution in [3.63, 3.8) is 0 Å². The van der Waals surface area contributed by atoms with Crippen molar-refractivity contribution in [1.82, 2.24) is 10.2 Å². The molecule has 0 saturated carbocycles. The Bertz CT molecular complexity index is 1540. The van der Waals surface area contributed by atoms with Crippen molar-refractivity contribution in [3.05, 3.63) is 90.5 Å². The number of esters is 1. The molecule has 2 aromatic rings. The molecule has 0 radical (unpaired) electrons. The van der Waals surface area contributed by atoms with Gasteiger partial charge in [0.2, 0.25) is 11.8 Å². The maximum atomic E-state index is 15.0. The van der Waals surface area contributed by atoms with Crippen LogP contribution < -0.4 is 10.2 Å². The molecule has 10 heteroatoms. The molecule has 3 heterocycles. The SMILES string of the molecule is C=CCCC(=O)NC[C@@H](C)OC(=O)[C@@H]1[C@@H]2CC[C@]3(O2)[C@H](C(=O)N(CC=C)c2cc(C)ccc2C)N([C@@H](CO)Cc2ccccc2)C(=O)[C@@H]13. The summed E-state index contributed by atoms with van der Waals surface area (Å²) < 4.78 is 12.5. The predicted molar refractivity (Wildman–Crippen MR) is 182 cm³/mol. The lowest BCUT2D eigenvalue weighted by molar-refractivity contribution is -0.159. The number of anilines is 1. The largest absolute Gasteiger partial charge is 0.460 e. The summed E-state index contributed by atoms with van der Waals surface area (Å²) >= 11 is 0. The molecule has 3 amide bonds. The van der Waals surface area contributed by atoms with E-state index in [1.165, 1.54) is 4.90 Å². The fourth-order valence-electron chi connectivity index (χ4n) is 7.66. The summed E-state index contributed by atoms with van der Waals surface area (Å²) in [6.07, 6.45) is 4.06. The zero-order valence-electron chi connectivity index (χ0n) is 28.1. The molecule has 2 bridgehead atoms. The van der Waals surface area contributed by atoms with Gasteiger partial charge in [-0.2, -0.15) is 0 Å². The van der Waals surface area contributed by atoms with Crippen LogP contribution in [0.4, 0.5) is 5.69 Å². The van der Waals surface area contributed by atoms with Crippen molar-refractivity contribution >= 4 is 29.4 Å². The normalized spacial score (nSPS) is 25.2. The van der Waals surface area contributed by atoms with Crippen molar-refractivity contribution in [3.8, 4) is 0 Å². The number of amides is 3. The Balaban J connectivity index is 1.50. The molecule has 3 aliphatic heterocycles. The second-order valence-electron chi connectivity index (χ2n) is 13.2. The van der Waals surface area contributed by atoms with E-state index in [1.807, 2.05) is 62.4 Å². The van der Waals surface area contributed by atoms with Gasteiger partial charge in [-0.1, -0.05) is 54.6 Å². The maximum Gasteiger partial charge on any atom is 0.312 e. The lowest BCUT2D eigenvalue weighted by Gasteiger charge is -2.39. The van der Waals surface area contributed by atoms with E-state index in [2.05, 4.69) is 18.5 Å². The van der Waals surface area contributed by atoms with Gasteiger partial charge in [-0.3, -0.25) is 19.2 Å². The molecule has 2 aromatic carbocycles. The van der Waals surface area contributed by atoms with Crippen LogP contribution in [0, 0.1) is 25.7 Å². The molecule has 0 aliphatic carbocycles. The zero-order chi connectivity index (χ0) is 34.6. The molecule has 5 rings (SSSR count). The molecular weight excluding hydrogens is 610 g/mol. The van der Waals surface area contributed by atoms with Gasteiger partial charge in [0.15, 0.2) is 0 Å². The summed E-state index contributed by atoms with van der Waals surface area (Å²) in [5.41, 5.74) is 2.16. The minimum Gasteiger partial charge on any atom is -0.460 e. The first-order valence-corrected chi connectivity index (χ1v) is 16.8. The van der Waals surface area contributed by atoms with E-state index in [1.54, 1.807) is 24.0 Å². The first-order valence-electron chi connectivity index (χ1n) is 16.8. The number of carbonyl (C=O) groups is 4. The van der Waals surface area contributed by atoms with Gasteiger partial charge in [-0.15, -0.1) is 13.2 Å². The van der Waals surface area contributed by atoms with Crippen LogP contribution in [0.25, 0.3) is 0 Å². The summed E-state index contributed by atoms with van der Waals surface area (Å²) in [7, 11) is 0. The van der Waals surface area contributed by atoms with Crippen LogP contribution in [0.15, 0.2) is 73.8 Å². The Labute approximate surface area is 282 Å².